The molecule has 0 N–H and O–H groups in total. The topological polar surface area (TPSA) is 0 Å². The lowest BCUT2D eigenvalue weighted by molar-refractivity contribution is 1.19. The van der Waals surface area contributed by atoms with Gasteiger partial charge in [0, 0.05) is 25.9 Å². The Kier molecular flexibility index (Phi) is 4.10. The molecule has 0 saturated carbocycles. The van der Waals surface area contributed by atoms with E-state index in [4.69, 9.17) is 23.2 Å². The lowest BCUT2D eigenvalue weighted by Crippen LogP contribution is -1.84. The largest absolute Gasteiger partial charge is 0.140 e. The molecule has 0 bridgehead atoms. The number of hydrogen-bond donors (Lipinski definition) is 0. The van der Waals surface area contributed by atoms with E-state index < -0.39 is 0 Å². The highest BCUT2D eigenvalue weighted by atomic mass is 35.5. The van der Waals surface area contributed by atoms with Gasteiger partial charge < -0.3 is 0 Å². The molecular formula is C19H14Cl2S2. The number of fused-ring (bicyclic) bond motifs is 2. The van der Waals surface area contributed by atoms with Crippen molar-refractivity contribution in [2.24, 2.45) is 0 Å². The Morgan fingerprint density at radius 2 is 1.70 bits per heavy atom. The van der Waals surface area contributed by atoms with Gasteiger partial charge in [0.15, 0.2) is 0 Å². The van der Waals surface area contributed by atoms with E-state index in [1.807, 2.05) is 12.1 Å². The first-order valence-corrected chi connectivity index (χ1v) is 9.90. The van der Waals surface area contributed by atoms with Gasteiger partial charge in [-0.05, 0) is 59.2 Å². The van der Waals surface area contributed by atoms with Crippen molar-refractivity contribution in [1.29, 1.82) is 0 Å². The molecule has 0 unspecified atom stereocenters. The number of benzene rings is 2. The zero-order chi connectivity index (χ0) is 16.0. The van der Waals surface area contributed by atoms with Gasteiger partial charge in [0.1, 0.15) is 0 Å². The van der Waals surface area contributed by atoms with Crippen molar-refractivity contribution in [2.45, 2.75) is 19.8 Å². The van der Waals surface area contributed by atoms with Crippen molar-refractivity contribution in [1.82, 2.24) is 0 Å². The number of aryl methyl sites for hydroxylation is 1. The molecule has 4 rings (SSSR count). The van der Waals surface area contributed by atoms with Crippen LogP contribution in [-0.2, 0) is 12.8 Å². The summed E-state index contributed by atoms with van der Waals surface area (Å²) in [7, 11) is 0. The molecule has 23 heavy (non-hydrogen) atoms. The first kappa shape index (κ1) is 15.5. The smallest absolute Gasteiger partial charge is 0.0587 e. The van der Waals surface area contributed by atoms with E-state index in [2.05, 4.69) is 37.3 Å². The van der Waals surface area contributed by atoms with Crippen molar-refractivity contribution < 1.29 is 0 Å². The van der Waals surface area contributed by atoms with Crippen LogP contribution in [0.25, 0.3) is 20.2 Å². The Hall–Kier alpha value is -1.06. The summed E-state index contributed by atoms with van der Waals surface area (Å²) in [6.45, 7) is 2.18. The van der Waals surface area contributed by atoms with E-state index >= 15 is 0 Å². The third-order valence-corrected chi connectivity index (χ3v) is 7.01. The van der Waals surface area contributed by atoms with Crippen molar-refractivity contribution in [3.63, 3.8) is 0 Å². The van der Waals surface area contributed by atoms with E-state index in [0.717, 1.165) is 22.9 Å². The third kappa shape index (κ3) is 3.01. The van der Waals surface area contributed by atoms with Gasteiger partial charge in [-0.3, -0.25) is 0 Å². The highest BCUT2D eigenvalue weighted by molar-refractivity contribution is 7.19. The minimum Gasteiger partial charge on any atom is -0.140 e. The predicted molar refractivity (Wildman–Crippen MR) is 106 cm³/mol. The standard InChI is InChI=1S/C19H14Cl2S2/c1-2-15-9-13-5-11(7-17(21)19(13)23-15)6-16-8-12-3-4-14(20)10-18(12)22-16/h3-5,7-10H,2,6H2,1H3. The molecule has 0 amide bonds. The van der Waals surface area contributed by atoms with Crippen molar-refractivity contribution in [3.8, 4) is 0 Å². The van der Waals surface area contributed by atoms with Crippen LogP contribution in [-0.4, -0.2) is 0 Å². The molecule has 4 heteroatoms. The molecule has 2 aromatic carbocycles. The molecule has 0 atom stereocenters. The van der Waals surface area contributed by atoms with Crippen LogP contribution in [0.3, 0.4) is 0 Å². The first-order valence-electron chi connectivity index (χ1n) is 7.51. The minimum absolute atomic E-state index is 0.792. The summed E-state index contributed by atoms with van der Waals surface area (Å²) in [5.41, 5.74) is 1.26. The van der Waals surface area contributed by atoms with Gasteiger partial charge in [0.2, 0.25) is 0 Å². The molecule has 2 heterocycles. The number of thiophene rings is 2. The third-order valence-electron chi connectivity index (χ3n) is 3.94. The zero-order valence-corrected chi connectivity index (χ0v) is 15.7. The zero-order valence-electron chi connectivity index (χ0n) is 12.5. The Morgan fingerprint density at radius 3 is 2.52 bits per heavy atom. The van der Waals surface area contributed by atoms with Crippen molar-refractivity contribution in [3.05, 3.63) is 67.8 Å². The minimum atomic E-state index is 0.792. The fraction of sp³-hybridized carbons (Fsp3) is 0.158. The normalized spacial score (nSPS) is 11.6. The van der Waals surface area contributed by atoms with Gasteiger partial charge in [0.05, 0.1) is 9.72 Å². The Bertz CT molecular complexity index is 1010. The number of rotatable bonds is 3. The predicted octanol–water partition coefficient (Wildman–Crippen LogP) is 7.58. The van der Waals surface area contributed by atoms with E-state index in [0.29, 0.717) is 0 Å². The number of halogens is 2. The summed E-state index contributed by atoms with van der Waals surface area (Å²) in [4.78, 5) is 2.72. The average Bonchev–Trinajstić information content (AvgIpc) is 3.10. The summed E-state index contributed by atoms with van der Waals surface area (Å²) in [5, 5.41) is 4.18. The fourth-order valence-electron chi connectivity index (χ4n) is 2.85. The molecule has 0 aliphatic carbocycles. The number of hydrogen-bond acceptors (Lipinski definition) is 2. The average molecular weight is 377 g/mol. The SMILES string of the molecule is CCc1cc2cc(Cc3cc4ccc(Cl)cc4s3)cc(Cl)c2s1. The lowest BCUT2D eigenvalue weighted by Gasteiger charge is -2.01. The van der Waals surface area contributed by atoms with E-state index in [1.54, 1.807) is 22.7 Å². The van der Waals surface area contributed by atoms with Gasteiger partial charge in [-0.1, -0.05) is 36.2 Å². The molecule has 4 aromatic rings. The fourth-order valence-corrected chi connectivity index (χ4v) is 5.57. The second-order valence-electron chi connectivity index (χ2n) is 5.63. The summed E-state index contributed by atoms with van der Waals surface area (Å²) in [5.74, 6) is 0. The van der Waals surface area contributed by atoms with Crippen LogP contribution in [0.15, 0.2) is 42.5 Å². The van der Waals surface area contributed by atoms with Crippen LogP contribution < -0.4 is 0 Å². The van der Waals surface area contributed by atoms with E-state index in [1.165, 1.54) is 35.5 Å². The summed E-state index contributed by atoms with van der Waals surface area (Å²) in [6.07, 6.45) is 1.96. The maximum absolute atomic E-state index is 6.49. The Morgan fingerprint density at radius 1 is 0.870 bits per heavy atom. The second kappa shape index (κ2) is 6.10. The summed E-state index contributed by atoms with van der Waals surface area (Å²) < 4.78 is 2.44. The van der Waals surface area contributed by atoms with Crippen molar-refractivity contribution >= 4 is 66.0 Å². The molecule has 0 aliphatic heterocycles. The molecular weight excluding hydrogens is 363 g/mol. The molecule has 116 valence electrons. The van der Waals surface area contributed by atoms with Gasteiger partial charge in [-0.25, -0.2) is 0 Å². The van der Waals surface area contributed by atoms with Crippen LogP contribution in [0.5, 0.6) is 0 Å². The van der Waals surface area contributed by atoms with Gasteiger partial charge in [-0.15, -0.1) is 22.7 Å². The highest BCUT2D eigenvalue weighted by Gasteiger charge is 2.09. The Labute approximate surface area is 153 Å². The molecule has 0 spiro atoms. The van der Waals surface area contributed by atoms with Crippen LogP contribution >= 0.6 is 45.9 Å². The van der Waals surface area contributed by atoms with Gasteiger partial charge in [-0.2, -0.15) is 0 Å². The second-order valence-corrected chi connectivity index (χ2v) is 8.78. The molecule has 2 aromatic heterocycles. The first-order chi connectivity index (χ1) is 11.1. The maximum Gasteiger partial charge on any atom is 0.0587 e. The molecule has 0 saturated heterocycles. The molecule has 0 nitrogen and oxygen atoms in total. The van der Waals surface area contributed by atoms with E-state index in [-0.39, 0.29) is 0 Å². The quantitative estimate of drug-likeness (QED) is 0.345. The monoisotopic (exact) mass is 376 g/mol. The summed E-state index contributed by atoms with van der Waals surface area (Å²) in [6, 6.07) is 15.0. The van der Waals surface area contributed by atoms with Crippen LogP contribution in [0.2, 0.25) is 10.0 Å². The van der Waals surface area contributed by atoms with E-state index in [9.17, 15) is 0 Å². The molecule has 0 radical (unpaired) electrons. The summed E-state index contributed by atoms with van der Waals surface area (Å²) >= 11 is 16.2. The van der Waals surface area contributed by atoms with Crippen LogP contribution in [0.4, 0.5) is 0 Å². The van der Waals surface area contributed by atoms with Gasteiger partial charge in [0.25, 0.3) is 0 Å². The highest BCUT2D eigenvalue weighted by Crippen LogP contribution is 2.35. The lowest BCUT2D eigenvalue weighted by atomic mass is 10.1. The van der Waals surface area contributed by atoms with Gasteiger partial charge >= 0.3 is 0 Å². The van der Waals surface area contributed by atoms with Crippen LogP contribution in [0, 0.1) is 0 Å². The molecule has 0 aliphatic rings. The van der Waals surface area contributed by atoms with Crippen LogP contribution in [0.1, 0.15) is 22.2 Å². The van der Waals surface area contributed by atoms with Crippen molar-refractivity contribution in [2.75, 3.05) is 0 Å². The maximum atomic E-state index is 6.49. The Balaban J connectivity index is 1.73. The molecule has 0 fully saturated rings.